The number of non-ortho nitro benzene ring substituents is 1. The van der Waals surface area contributed by atoms with Crippen molar-refractivity contribution in [3.63, 3.8) is 0 Å². The normalized spacial score (nSPS) is 10.1. The molecule has 0 unspecified atom stereocenters. The van der Waals surface area contributed by atoms with E-state index < -0.39 is 33.7 Å². The van der Waals surface area contributed by atoms with E-state index in [0.717, 1.165) is 30.3 Å². The highest BCUT2D eigenvalue weighted by Gasteiger charge is 2.19. The van der Waals surface area contributed by atoms with Gasteiger partial charge in [0, 0.05) is 12.1 Å². The lowest BCUT2D eigenvalue weighted by Crippen LogP contribution is -2.14. The average molecular weight is 292 g/mol. The van der Waals surface area contributed by atoms with E-state index in [2.05, 4.69) is 5.32 Å². The molecule has 2 rings (SSSR count). The first-order valence-electron chi connectivity index (χ1n) is 5.66. The van der Waals surface area contributed by atoms with Crippen molar-refractivity contribution < 1.29 is 24.3 Å². The molecule has 8 heteroatoms. The summed E-state index contributed by atoms with van der Waals surface area (Å²) in [6.45, 7) is 0. The summed E-state index contributed by atoms with van der Waals surface area (Å²) >= 11 is 0. The van der Waals surface area contributed by atoms with Gasteiger partial charge in [-0.25, -0.2) is 4.39 Å². The zero-order valence-corrected chi connectivity index (χ0v) is 10.4. The van der Waals surface area contributed by atoms with E-state index in [1.165, 1.54) is 6.07 Å². The fourth-order valence-corrected chi connectivity index (χ4v) is 1.66. The van der Waals surface area contributed by atoms with Crippen molar-refractivity contribution in [3.05, 3.63) is 57.9 Å². The Morgan fingerprint density at radius 3 is 2.52 bits per heavy atom. The Morgan fingerprint density at radius 2 is 1.90 bits per heavy atom. The molecule has 0 saturated heterocycles. The molecule has 0 aliphatic rings. The second-order valence-corrected chi connectivity index (χ2v) is 4.05. The monoisotopic (exact) mass is 292 g/mol. The molecular formula is C13H9FN2O5. The molecule has 0 radical (unpaired) electrons. The van der Waals surface area contributed by atoms with Crippen LogP contribution in [-0.2, 0) is 0 Å². The number of benzene rings is 2. The molecule has 7 nitrogen and oxygen atoms in total. The summed E-state index contributed by atoms with van der Waals surface area (Å²) < 4.78 is 13.5. The highest BCUT2D eigenvalue weighted by molar-refractivity contribution is 6.07. The number of hydrogen-bond donors (Lipinski definition) is 3. The summed E-state index contributed by atoms with van der Waals surface area (Å²) in [6, 6.07) is 6.30. The van der Waals surface area contributed by atoms with Crippen LogP contribution in [0.5, 0.6) is 11.5 Å². The summed E-state index contributed by atoms with van der Waals surface area (Å²) in [5.74, 6) is -3.01. The van der Waals surface area contributed by atoms with Gasteiger partial charge in [0.2, 0.25) is 0 Å². The minimum absolute atomic E-state index is 0.267. The number of nitrogens with one attached hydrogen (secondary N) is 1. The van der Waals surface area contributed by atoms with Gasteiger partial charge in [-0.3, -0.25) is 14.9 Å². The topological polar surface area (TPSA) is 113 Å². The van der Waals surface area contributed by atoms with E-state index in [-0.39, 0.29) is 11.4 Å². The smallest absolute Gasteiger partial charge is 0.271 e. The third-order valence-electron chi connectivity index (χ3n) is 2.66. The number of hydrogen-bond acceptors (Lipinski definition) is 5. The molecule has 0 spiro atoms. The molecule has 0 aromatic heterocycles. The van der Waals surface area contributed by atoms with Crippen LogP contribution in [-0.4, -0.2) is 21.0 Å². The molecule has 0 aliphatic heterocycles. The van der Waals surface area contributed by atoms with Gasteiger partial charge in [-0.1, -0.05) is 6.07 Å². The highest BCUT2D eigenvalue weighted by atomic mass is 19.1. The molecule has 3 N–H and O–H groups in total. The van der Waals surface area contributed by atoms with Crippen molar-refractivity contribution in [2.75, 3.05) is 5.32 Å². The number of nitro benzene ring substituents is 1. The SMILES string of the molecule is O=C(Nc1cc([N+](=O)[O-])ccc1O)c1c(O)cccc1F. The third kappa shape index (κ3) is 2.89. The zero-order valence-electron chi connectivity index (χ0n) is 10.4. The Bertz CT molecular complexity index is 712. The van der Waals surface area contributed by atoms with Gasteiger partial charge in [0.15, 0.2) is 0 Å². The number of carbonyl (C=O) groups excluding carboxylic acids is 1. The van der Waals surface area contributed by atoms with Crippen LogP contribution in [0.4, 0.5) is 15.8 Å². The molecule has 0 bridgehead atoms. The molecule has 21 heavy (non-hydrogen) atoms. The van der Waals surface area contributed by atoms with E-state index in [4.69, 9.17) is 0 Å². The van der Waals surface area contributed by atoms with Crippen molar-refractivity contribution in [1.82, 2.24) is 0 Å². The fraction of sp³-hybridized carbons (Fsp3) is 0. The summed E-state index contributed by atoms with van der Waals surface area (Å²) in [7, 11) is 0. The van der Waals surface area contributed by atoms with Crippen LogP contribution in [0, 0.1) is 15.9 Å². The number of phenolic OH excluding ortho intramolecular Hbond substituents is 2. The van der Waals surface area contributed by atoms with Gasteiger partial charge in [-0.2, -0.15) is 0 Å². The van der Waals surface area contributed by atoms with Crippen LogP contribution >= 0.6 is 0 Å². The van der Waals surface area contributed by atoms with E-state index in [1.807, 2.05) is 0 Å². The van der Waals surface area contributed by atoms with E-state index in [9.17, 15) is 29.5 Å². The van der Waals surface area contributed by atoms with E-state index in [1.54, 1.807) is 0 Å². The van der Waals surface area contributed by atoms with Crippen molar-refractivity contribution in [2.45, 2.75) is 0 Å². The quantitative estimate of drug-likeness (QED) is 0.456. The first-order valence-corrected chi connectivity index (χ1v) is 5.66. The predicted octanol–water partition coefficient (Wildman–Crippen LogP) is 2.40. The standard InChI is InChI=1S/C13H9FN2O5/c14-8-2-1-3-11(18)12(8)13(19)15-9-6-7(16(20)21)4-5-10(9)17/h1-6,17-18H,(H,15,19). The van der Waals surface area contributed by atoms with Gasteiger partial charge in [0.1, 0.15) is 22.9 Å². The molecule has 0 aliphatic carbocycles. The van der Waals surface area contributed by atoms with Crippen LogP contribution in [0.15, 0.2) is 36.4 Å². The lowest BCUT2D eigenvalue weighted by atomic mass is 10.1. The second-order valence-electron chi connectivity index (χ2n) is 4.05. The number of halogens is 1. The Labute approximate surface area is 117 Å². The van der Waals surface area contributed by atoms with Gasteiger partial charge in [0.25, 0.3) is 11.6 Å². The van der Waals surface area contributed by atoms with Crippen molar-refractivity contribution in [3.8, 4) is 11.5 Å². The lowest BCUT2D eigenvalue weighted by Gasteiger charge is -2.09. The van der Waals surface area contributed by atoms with E-state index >= 15 is 0 Å². The molecule has 0 saturated carbocycles. The largest absolute Gasteiger partial charge is 0.507 e. The van der Waals surface area contributed by atoms with Crippen LogP contribution in [0.25, 0.3) is 0 Å². The number of nitrogens with zero attached hydrogens (tertiary/aromatic N) is 1. The Kier molecular flexibility index (Phi) is 3.70. The predicted molar refractivity (Wildman–Crippen MR) is 70.8 cm³/mol. The van der Waals surface area contributed by atoms with Crippen molar-refractivity contribution in [2.24, 2.45) is 0 Å². The Balaban J connectivity index is 2.36. The van der Waals surface area contributed by atoms with Gasteiger partial charge < -0.3 is 15.5 Å². The number of anilines is 1. The Morgan fingerprint density at radius 1 is 1.19 bits per heavy atom. The van der Waals surface area contributed by atoms with Gasteiger partial charge in [-0.15, -0.1) is 0 Å². The molecule has 0 atom stereocenters. The highest BCUT2D eigenvalue weighted by Crippen LogP contribution is 2.29. The minimum Gasteiger partial charge on any atom is -0.507 e. The van der Waals surface area contributed by atoms with Crippen molar-refractivity contribution >= 4 is 17.3 Å². The maximum atomic E-state index is 13.5. The maximum Gasteiger partial charge on any atom is 0.271 e. The minimum atomic E-state index is -1.04. The van der Waals surface area contributed by atoms with Crippen LogP contribution < -0.4 is 5.32 Å². The number of amides is 1. The molecule has 1 amide bonds. The van der Waals surface area contributed by atoms with Gasteiger partial charge in [-0.05, 0) is 18.2 Å². The Hall–Kier alpha value is -3.16. The second kappa shape index (κ2) is 5.45. The average Bonchev–Trinajstić information content (AvgIpc) is 2.40. The first kappa shape index (κ1) is 14.3. The third-order valence-corrected chi connectivity index (χ3v) is 2.66. The zero-order chi connectivity index (χ0) is 15.6. The van der Waals surface area contributed by atoms with Gasteiger partial charge in [0.05, 0.1) is 10.6 Å². The summed E-state index contributed by atoms with van der Waals surface area (Å²) in [5.41, 5.74) is -1.25. The molecule has 108 valence electrons. The van der Waals surface area contributed by atoms with Crippen LogP contribution in [0.1, 0.15) is 10.4 Å². The number of nitro groups is 1. The summed E-state index contributed by atoms with van der Waals surface area (Å²) in [4.78, 5) is 21.8. The maximum absolute atomic E-state index is 13.5. The van der Waals surface area contributed by atoms with Gasteiger partial charge >= 0.3 is 0 Å². The van der Waals surface area contributed by atoms with Crippen molar-refractivity contribution in [1.29, 1.82) is 0 Å². The summed E-state index contributed by atoms with van der Waals surface area (Å²) in [6.07, 6.45) is 0. The number of aromatic hydroxyl groups is 2. The van der Waals surface area contributed by atoms with Crippen LogP contribution in [0.2, 0.25) is 0 Å². The van der Waals surface area contributed by atoms with Crippen LogP contribution in [0.3, 0.4) is 0 Å². The van der Waals surface area contributed by atoms with E-state index in [0.29, 0.717) is 0 Å². The number of rotatable bonds is 3. The fourth-order valence-electron chi connectivity index (χ4n) is 1.66. The number of carbonyl (C=O) groups is 1. The molecular weight excluding hydrogens is 283 g/mol. The molecule has 2 aromatic carbocycles. The lowest BCUT2D eigenvalue weighted by molar-refractivity contribution is -0.384. The molecule has 0 fully saturated rings. The molecule has 2 aromatic rings. The number of phenols is 2. The summed E-state index contributed by atoms with van der Waals surface area (Å²) in [5, 5.41) is 31.8. The first-order chi connectivity index (χ1) is 9.90. The molecule has 0 heterocycles.